The zero-order chi connectivity index (χ0) is 32.5. The molecule has 2 nitrogen and oxygen atoms in total. The van der Waals surface area contributed by atoms with Crippen molar-refractivity contribution >= 4 is 0 Å². The molecule has 0 N–H and O–H groups in total. The van der Waals surface area contributed by atoms with Gasteiger partial charge >= 0.3 is 0 Å². The molecule has 0 saturated carbocycles. The highest BCUT2D eigenvalue weighted by Gasteiger charge is 2.40. The highest BCUT2D eigenvalue weighted by Crippen LogP contribution is 2.43. The third kappa shape index (κ3) is 6.07. The van der Waals surface area contributed by atoms with E-state index in [0.29, 0.717) is 13.0 Å². The van der Waals surface area contributed by atoms with Crippen LogP contribution in [-0.4, -0.2) is 6.61 Å². The van der Waals surface area contributed by atoms with Gasteiger partial charge in [0.1, 0.15) is 11.4 Å². The second-order valence-electron chi connectivity index (χ2n) is 11.9. The summed E-state index contributed by atoms with van der Waals surface area (Å²) in [4.78, 5) is 0. The first kappa shape index (κ1) is 30.9. The van der Waals surface area contributed by atoms with Crippen molar-refractivity contribution < 1.29 is 9.47 Å². The van der Waals surface area contributed by atoms with Gasteiger partial charge in [0.15, 0.2) is 5.60 Å². The number of benzene rings is 7. The van der Waals surface area contributed by atoms with Gasteiger partial charge in [0, 0.05) is 16.7 Å². The molecule has 0 amide bonds. The Hall–Kier alpha value is -5.70. The lowest BCUT2D eigenvalue weighted by Gasteiger charge is -2.37. The van der Waals surface area contributed by atoms with Gasteiger partial charge in [-0.25, -0.2) is 0 Å². The molecule has 7 aromatic rings. The number of rotatable bonds is 12. The quantitative estimate of drug-likeness (QED) is 0.126. The number of hydrogen-bond donors (Lipinski definition) is 0. The summed E-state index contributed by atoms with van der Waals surface area (Å²) in [6.07, 6.45) is 0.652. The van der Waals surface area contributed by atoms with E-state index in [4.69, 9.17) is 9.47 Å². The molecule has 7 rings (SSSR count). The normalized spacial score (nSPS) is 11.6. The van der Waals surface area contributed by atoms with E-state index >= 15 is 0 Å². The Morgan fingerprint density at radius 2 is 0.604 bits per heavy atom. The van der Waals surface area contributed by atoms with Crippen molar-refractivity contribution in [1.82, 2.24) is 0 Å². The summed E-state index contributed by atoms with van der Waals surface area (Å²) < 4.78 is 14.5. The molecule has 2 heteroatoms. The molecule has 7 aromatic carbocycles. The molecule has 0 aliphatic heterocycles. The lowest BCUT2D eigenvalue weighted by Crippen LogP contribution is -2.36. The summed E-state index contributed by atoms with van der Waals surface area (Å²) in [5.41, 5.74) is 5.85. The molecular formula is C46H38O2. The van der Waals surface area contributed by atoms with Gasteiger partial charge < -0.3 is 9.47 Å². The van der Waals surface area contributed by atoms with Crippen molar-refractivity contribution in [1.29, 1.82) is 0 Å². The maximum Gasteiger partial charge on any atom is 0.184 e. The standard InChI is InChI=1S/C46H38O2/c1-7-22-38(23-8-1)45(39-24-9-2-10-25-39,40-26-11-3-12-27-40)47-36-35-37-21-19-20-34-44(37)48-46(41-28-13-4-14-29-41,42-30-15-5-16-31-42)43-32-17-6-18-33-43/h1-34H,35-36H2. The largest absolute Gasteiger partial charge is 0.473 e. The summed E-state index contributed by atoms with van der Waals surface area (Å²) >= 11 is 0. The van der Waals surface area contributed by atoms with Crippen LogP contribution in [0.15, 0.2) is 206 Å². The Balaban J connectivity index is 1.29. The number of hydrogen-bond acceptors (Lipinski definition) is 2. The van der Waals surface area contributed by atoms with Crippen LogP contribution >= 0.6 is 0 Å². The molecule has 48 heavy (non-hydrogen) atoms. The summed E-state index contributed by atoms with van der Waals surface area (Å²) in [7, 11) is 0. The highest BCUT2D eigenvalue weighted by molar-refractivity contribution is 5.51. The lowest BCUT2D eigenvalue weighted by atomic mass is 9.80. The molecule has 234 valence electrons. The second kappa shape index (κ2) is 14.4. The fraction of sp³-hybridized carbons (Fsp3) is 0.0870. The molecule has 0 atom stereocenters. The smallest absolute Gasteiger partial charge is 0.184 e. The molecule has 0 spiro atoms. The molecule has 0 aliphatic carbocycles. The van der Waals surface area contributed by atoms with E-state index in [2.05, 4.69) is 182 Å². The maximum absolute atomic E-state index is 7.37. The van der Waals surface area contributed by atoms with Gasteiger partial charge in [0.05, 0.1) is 6.61 Å². The predicted octanol–water partition coefficient (Wildman–Crippen LogP) is 10.6. The minimum Gasteiger partial charge on any atom is -0.473 e. The van der Waals surface area contributed by atoms with Crippen molar-refractivity contribution in [2.24, 2.45) is 0 Å². The summed E-state index contributed by atoms with van der Waals surface area (Å²) in [5.74, 6) is 0.822. The van der Waals surface area contributed by atoms with Gasteiger partial charge in [-0.3, -0.25) is 0 Å². The van der Waals surface area contributed by atoms with Crippen LogP contribution in [0.4, 0.5) is 0 Å². The van der Waals surface area contributed by atoms with E-state index in [1.54, 1.807) is 0 Å². The van der Waals surface area contributed by atoms with Gasteiger partial charge in [0.25, 0.3) is 0 Å². The van der Waals surface area contributed by atoms with Crippen molar-refractivity contribution in [3.63, 3.8) is 0 Å². The van der Waals surface area contributed by atoms with Crippen molar-refractivity contribution in [3.8, 4) is 5.75 Å². The Morgan fingerprint density at radius 3 is 0.958 bits per heavy atom. The van der Waals surface area contributed by atoms with Crippen LogP contribution in [-0.2, 0) is 22.4 Å². The average molecular weight is 623 g/mol. The molecular weight excluding hydrogens is 585 g/mol. The van der Waals surface area contributed by atoms with Gasteiger partial charge in [-0.15, -0.1) is 0 Å². The minimum absolute atomic E-state index is 0.466. The summed E-state index contributed by atoms with van der Waals surface area (Å²) in [6.45, 7) is 0.466. The predicted molar refractivity (Wildman–Crippen MR) is 195 cm³/mol. The van der Waals surface area contributed by atoms with E-state index in [9.17, 15) is 0 Å². The molecule has 0 aliphatic rings. The van der Waals surface area contributed by atoms with E-state index in [0.717, 1.165) is 44.7 Å². The molecule has 0 radical (unpaired) electrons. The Kier molecular flexibility index (Phi) is 9.26. The van der Waals surface area contributed by atoms with Crippen LogP contribution in [0.1, 0.15) is 38.9 Å². The van der Waals surface area contributed by atoms with Gasteiger partial charge in [0.2, 0.25) is 0 Å². The third-order valence-corrected chi connectivity index (χ3v) is 9.01. The summed E-state index contributed by atoms with van der Waals surface area (Å²) in [6, 6.07) is 71.5. The molecule has 0 fully saturated rings. The monoisotopic (exact) mass is 622 g/mol. The van der Waals surface area contributed by atoms with Crippen molar-refractivity contribution in [2.75, 3.05) is 6.61 Å². The second-order valence-corrected chi connectivity index (χ2v) is 11.9. The molecule has 0 aromatic heterocycles. The van der Waals surface area contributed by atoms with Crippen LogP contribution in [0.2, 0.25) is 0 Å². The van der Waals surface area contributed by atoms with Crippen molar-refractivity contribution in [2.45, 2.75) is 17.6 Å². The third-order valence-electron chi connectivity index (χ3n) is 9.01. The minimum atomic E-state index is -0.872. The maximum atomic E-state index is 7.37. The van der Waals surface area contributed by atoms with Crippen LogP contribution in [0.3, 0.4) is 0 Å². The first-order valence-electron chi connectivity index (χ1n) is 16.5. The van der Waals surface area contributed by atoms with E-state index < -0.39 is 11.2 Å². The Bertz CT molecular complexity index is 1800. The first-order valence-corrected chi connectivity index (χ1v) is 16.5. The fourth-order valence-electron chi connectivity index (χ4n) is 6.75. The van der Waals surface area contributed by atoms with Gasteiger partial charge in [-0.05, 0) is 34.7 Å². The fourth-order valence-corrected chi connectivity index (χ4v) is 6.75. The summed E-state index contributed by atoms with van der Waals surface area (Å²) in [5, 5.41) is 0. The van der Waals surface area contributed by atoms with Crippen LogP contribution < -0.4 is 4.74 Å². The van der Waals surface area contributed by atoms with Crippen molar-refractivity contribution in [3.05, 3.63) is 245 Å². The zero-order valence-corrected chi connectivity index (χ0v) is 26.9. The average Bonchev–Trinajstić information content (AvgIpc) is 3.18. The zero-order valence-electron chi connectivity index (χ0n) is 26.9. The number of para-hydroxylation sites is 1. The number of ether oxygens (including phenoxy) is 2. The first-order chi connectivity index (χ1) is 23.8. The van der Waals surface area contributed by atoms with Gasteiger partial charge in [-0.2, -0.15) is 0 Å². The highest BCUT2D eigenvalue weighted by atomic mass is 16.5. The molecule has 0 unspecified atom stereocenters. The Morgan fingerprint density at radius 1 is 0.312 bits per heavy atom. The van der Waals surface area contributed by atoms with Gasteiger partial charge in [-0.1, -0.05) is 200 Å². The Labute approximate surface area is 283 Å². The van der Waals surface area contributed by atoms with E-state index in [1.165, 1.54) is 0 Å². The van der Waals surface area contributed by atoms with Crippen LogP contribution in [0.25, 0.3) is 0 Å². The SMILES string of the molecule is c1ccc(C(OCCc2ccccc2OC(c2ccccc2)(c2ccccc2)c2ccccc2)(c2ccccc2)c2ccccc2)cc1. The molecule has 0 bridgehead atoms. The molecule has 0 heterocycles. The molecule has 0 saturated heterocycles. The van der Waals surface area contributed by atoms with E-state index in [1.807, 2.05) is 24.3 Å². The topological polar surface area (TPSA) is 18.5 Å². The van der Waals surface area contributed by atoms with E-state index in [-0.39, 0.29) is 0 Å². The van der Waals surface area contributed by atoms with Crippen LogP contribution in [0, 0.1) is 0 Å². The lowest BCUT2D eigenvalue weighted by molar-refractivity contribution is 0.0143. The van der Waals surface area contributed by atoms with Crippen LogP contribution in [0.5, 0.6) is 5.75 Å².